The number of methoxy groups -OCH3 is 2. The Bertz CT molecular complexity index is 1630. The fourth-order valence-electron chi connectivity index (χ4n) is 6.73. The first kappa shape index (κ1) is 30.5. The van der Waals surface area contributed by atoms with Crippen molar-refractivity contribution in [2.45, 2.75) is 30.8 Å². The van der Waals surface area contributed by atoms with Gasteiger partial charge < -0.3 is 19.3 Å². The highest BCUT2D eigenvalue weighted by Gasteiger charge is 2.67. The first-order valence-corrected chi connectivity index (χ1v) is 14.6. The average Bonchev–Trinajstić information content (AvgIpc) is 3.08. The molecule has 1 aliphatic rings. The molecule has 0 heterocycles. The third kappa shape index (κ3) is 5.23. The fourth-order valence-corrected chi connectivity index (χ4v) is 6.73. The smallest absolute Gasteiger partial charge is 0.327 e. The van der Waals surface area contributed by atoms with Gasteiger partial charge in [-0.25, -0.2) is 0 Å². The van der Waals surface area contributed by atoms with Gasteiger partial charge in [-0.1, -0.05) is 84.9 Å². The van der Waals surface area contributed by atoms with Gasteiger partial charge in [-0.2, -0.15) is 5.26 Å². The zero-order valence-electron chi connectivity index (χ0n) is 25.0. The SMILES string of the molecule is CCOC(=O)[C@@]1(C#N)[C@H](c2ccc(OC)cc2)C[C@](O)(c2ccccc2)[C@H](C(=O)c2ccccc2)[C@@H]1c1ccc(OC)cc1. The Morgan fingerprint density at radius 1 is 0.818 bits per heavy atom. The molecule has 0 unspecified atom stereocenters. The van der Waals surface area contributed by atoms with E-state index in [0.29, 0.717) is 33.8 Å². The highest BCUT2D eigenvalue weighted by Crippen LogP contribution is 2.64. The number of hydrogen-bond donors (Lipinski definition) is 1. The van der Waals surface area contributed by atoms with Crippen molar-refractivity contribution in [3.8, 4) is 17.6 Å². The molecular formula is C37H35NO6. The van der Waals surface area contributed by atoms with Crippen molar-refractivity contribution in [3.63, 3.8) is 0 Å². The number of hydrogen-bond acceptors (Lipinski definition) is 7. The number of carbonyl (C=O) groups excluding carboxylic acids is 2. The molecule has 0 aliphatic heterocycles. The van der Waals surface area contributed by atoms with Gasteiger partial charge in [0.15, 0.2) is 11.2 Å². The standard InChI is InChI=1S/C37H35NO6/c1-4-44-35(40)36(24-38)31(25-15-19-29(42-2)20-16-25)23-37(41,28-13-9-6-10-14-28)33(34(39)27-11-7-5-8-12-27)32(36)26-17-21-30(43-3)22-18-26/h5-22,31-33,41H,4,23H2,1-3H3/t31-,32-,33-,36-,37-/m0/s1. The second kappa shape index (κ2) is 12.7. The van der Waals surface area contributed by atoms with Gasteiger partial charge in [0.25, 0.3) is 0 Å². The van der Waals surface area contributed by atoms with Crippen molar-refractivity contribution < 1.29 is 28.9 Å². The first-order chi connectivity index (χ1) is 21.3. The van der Waals surface area contributed by atoms with E-state index in [9.17, 15) is 20.0 Å². The van der Waals surface area contributed by atoms with E-state index in [0.717, 1.165) is 0 Å². The summed E-state index contributed by atoms with van der Waals surface area (Å²) in [4.78, 5) is 29.1. The van der Waals surface area contributed by atoms with Gasteiger partial charge >= 0.3 is 5.97 Å². The van der Waals surface area contributed by atoms with E-state index in [1.807, 2.05) is 6.07 Å². The van der Waals surface area contributed by atoms with Crippen LogP contribution in [0.2, 0.25) is 0 Å². The van der Waals surface area contributed by atoms with E-state index in [4.69, 9.17) is 14.2 Å². The molecule has 0 amide bonds. The topological polar surface area (TPSA) is 106 Å². The molecule has 0 aromatic heterocycles. The van der Waals surface area contributed by atoms with E-state index >= 15 is 0 Å². The summed E-state index contributed by atoms with van der Waals surface area (Å²) >= 11 is 0. The van der Waals surface area contributed by atoms with Gasteiger partial charge in [0, 0.05) is 17.4 Å². The molecule has 0 spiro atoms. The monoisotopic (exact) mass is 589 g/mol. The average molecular weight is 590 g/mol. The van der Waals surface area contributed by atoms with Crippen LogP contribution in [0.1, 0.15) is 52.2 Å². The van der Waals surface area contributed by atoms with Crippen LogP contribution in [0.3, 0.4) is 0 Å². The molecule has 1 saturated carbocycles. The summed E-state index contributed by atoms with van der Waals surface area (Å²) in [6.07, 6.45) is -0.0917. The van der Waals surface area contributed by atoms with E-state index < -0.39 is 34.7 Å². The van der Waals surface area contributed by atoms with Crippen LogP contribution < -0.4 is 9.47 Å². The number of benzene rings is 4. The summed E-state index contributed by atoms with van der Waals surface area (Å²) in [6, 6.07) is 34.1. The van der Waals surface area contributed by atoms with Crippen LogP contribution in [-0.2, 0) is 15.1 Å². The van der Waals surface area contributed by atoms with E-state index in [1.165, 1.54) is 0 Å². The molecule has 4 aromatic carbocycles. The van der Waals surface area contributed by atoms with Crippen molar-refractivity contribution in [1.29, 1.82) is 5.26 Å². The molecule has 224 valence electrons. The molecule has 44 heavy (non-hydrogen) atoms. The number of nitriles is 1. The predicted octanol–water partition coefficient (Wildman–Crippen LogP) is 6.43. The maximum atomic E-state index is 14.7. The molecule has 4 aromatic rings. The number of esters is 1. The Kier molecular flexibility index (Phi) is 8.84. The third-order valence-corrected chi connectivity index (χ3v) is 8.81. The van der Waals surface area contributed by atoms with E-state index in [2.05, 4.69) is 6.07 Å². The summed E-state index contributed by atoms with van der Waals surface area (Å²) in [6.45, 7) is 1.72. The minimum absolute atomic E-state index is 0.0349. The maximum Gasteiger partial charge on any atom is 0.327 e. The Morgan fingerprint density at radius 3 is 1.84 bits per heavy atom. The Labute approximate surface area is 257 Å². The van der Waals surface area contributed by atoms with Crippen molar-refractivity contribution in [1.82, 2.24) is 0 Å². The molecule has 0 radical (unpaired) electrons. The summed E-state index contributed by atoms with van der Waals surface area (Å²) in [5.74, 6) is -3.17. The van der Waals surface area contributed by atoms with Gasteiger partial charge in [-0.3, -0.25) is 9.59 Å². The first-order valence-electron chi connectivity index (χ1n) is 14.6. The van der Waals surface area contributed by atoms with Gasteiger partial charge in [0.1, 0.15) is 17.1 Å². The lowest BCUT2D eigenvalue weighted by atomic mass is 9.47. The normalized spacial score (nSPS) is 24.5. The van der Waals surface area contributed by atoms with Crippen LogP contribution in [0.25, 0.3) is 0 Å². The Hall–Kier alpha value is -4.93. The van der Waals surface area contributed by atoms with Crippen molar-refractivity contribution in [2.24, 2.45) is 11.3 Å². The number of nitrogens with zero attached hydrogens (tertiary/aromatic N) is 1. The number of ether oxygens (including phenoxy) is 3. The Morgan fingerprint density at radius 2 is 1.34 bits per heavy atom. The summed E-state index contributed by atoms with van der Waals surface area (Å²) in [7, 11) is 3.10. The van der Waals surface area contributed by atoms with Crippen LogP contribution >= 0.6 is 0 Å². The highest BCUT2D eigenvalue weighted by molar-refractivity contribution is 6.00. The zero-order chi connectivity index (χ0) is 31.3. The molecule has 7 nitrogen and oxygen atoms in total. The van der Waals surface area contributed by atoms with Gasteiger partial charge in [0.2, 0.25) is 0 Å². The number of aliphatic hydroxyl groups is 1. The lowest BCUT2D eigenvalue weighted by Crippen LogP contribution is -2.59. The maximum absolute atomic E-state index is 14.7. The number of rotatable bonds is 9. The minimum Gasteiger partial charge on any atom is -0.497 e. The number of Topliss-reactive ketones (excluding diaryl/α,β-unsaturated/α-hetero) is 1. The molecule has 1 N–H and O–H groups in total. The molecular weight excluding hydrogens is 554 g/mol. The van der Waals surface area contributed by atoms with Crippen LogP contribution in [0.5, 0.6) is 11.5 Å². The second-order valence-electron chi connectivity index (χ2n) is 11.0. The van der Waals surface area contributed by atoms with Crippen molar-refractivity contribution >= 4 is 11.8 Å². The summed E-state index contributed by atoms with van der Waals surface area (Å²) in [5.41, 5.74) is -1.63. The molecule has 1 fully saturated rings. The highest BCUT2D eigenvalue weighted by atomic mass is 16.5. The lowest BCUT2D eigenvalue weighted by Gasteiger charge is -2.54. The molecule has 1 aliphatic carbocycles. The van der Waals surface area contributed by atoms with Crippen molar-refractivity contribution in [3.05, 3.63) is 131 Å². The second-order valence-corrected chi connectivity index (χ2v) is 11.0. The number of carbonyl (C=O) groups is 2. The molecule has 7 heteroatoms. The van der Waals surface area contributed by atoms with E-state index in [-0.39, 0.29) is 18.8 Å². The third-order valence-electron chi connectivity index (χ3n) is 8.81. The minimum atomic E-state index is -1.89. The van der Waals surface area contributed by atoms with Gasteiger partial charge in [-0.05, 0) is 54.3 Å². The summed E-state index contributed by atoms with van der Waals surface area (Å²) in [5, 5.41) is 24.2. The quantitative estimate of drug-likeness (QED) is 0.177. The van der Waals surface area contributed by atoms with Crippen LogP contribution in [-0.4, -0.2) is 37.7 Å². The molecule has 0 bridgehead atoms. The molecule has 5 atom stereocenters. The lowest BCUT2D eigenvalue weighted by molar-refractivity contribution is -0.164. The molecule has 5 rings (SSSR count). The largest absolute Gasteiger partial charge is 0.497 e. The Balaban J connectivity index is 1.88. The predicted molar refractivity (Wildman–Crippen MR) is 165 cm³/mol. The van der Waals surface area contributed by atoms with Gasteiger partial charge in [-0.15, -0.1) is 0 Å². The molecule has 0 saturated heterocycles. The van der Waals surface area contributed by atoms with Gasteiger partial charge in [0.05, 0.1) is 32.8 Å². The van der Waals surface area contributed by atoms with Crippen LogP contribution in [0.15, 0.2) is 109 Å². The van der Waals surface area contributed by atoms with Crippen molar-refractivity contribution in [2.75, 3.05) is 20.8 Å². The van der Waals surface area contributed by atoms with Crippen LogP contribution in [0.4, 0.5) is 0 Å². The van der Waals surface area contributed by atoms with Crippen LogP contribution in [0, 0.1) is 22.7 Å². The summed E-state index contributed by atoms with van der Waals surface area (Å²) < 4.78 is 16.5. The van der Waals surface area contributed by atoms with E-state index in [1.54, 1.807) is 124 Å². The fraction of sp³-hybridized carbons (Fsp3) is 0.270. The zero-order valence-corrected chi connectivity index (χ0v) is 25.0. The number of ketones is 1.